The number of ether oxygens (including phenoxy) is 1. The van der Waals surface area contributed by atoms with Gasteiger partial charge in [-0.25, -0.2) is 0 Å². The van der Waals surface area contributed by atoms with E-state index in [-0.39, 0.29) is 5.54 Å². The number of hydrogen-bond donors (Lipinski definition) is 1. The van der Waals surface area contributed by atoms with Crippen molar-refractivity contribution >= 4 is 5.69 Å². The van der Waals surface area contributed by atoms with Crippen LogP contribution in [0.25, 0.3) is 0 Å². The lowest BCUT2D eigenvalue weighted by molar-refractivity contribution is 0.183. The summed E-state index contributed by atoms with van der Waals surface area (Å²) in [5.74, 6) is 0. The Labute approximate surface area is 124 Å². The Morgan fingerprint density at radius 3 is 2.45 bits per heavy atom. The molecule has 1 rings (SSSR count). The molecule has 0 aliphatic rings. The molecule has 0 aromatic heterocycles. The van der Waals surface area contributed by atoms with Gasteiger partial charge in [0.05, 0.1) is 6.61 Å². The van der Waals surface area contributed by atoms with Crippen LogP contribution in [0.4, 0.5) is 5.69 Å². The molecule has 0 saturated carbocycles. The zero-order chi connectivity index (χ0) is 15.3. The van der Waals surface area contributed by atoms with E-state index in [4.69, 9.17) is 4.74 Å². The van der Waals surface area contributed by atoms with Crippen LogP contribution in [0, 0.1) is 6.92 Å². The predicted octanol–water partition coefficient (Wildman–Crippen LogP) is 3.35. The number of rotatable bonds is 6. The zero-order valence-electron chi connectivity index (χ0n) is 14.1. The number of likely N-dealkylation sites (N-methyl/N-ethyl adjacent to an activating group) is 1. The average Bonchev–Trinajstić information content (AvgIpc) is 2.35. The minimum absolute atomic E-state index is 0.149. The van der Waals surface area contributed by atoms with Crippen molar-refractivity contribution in [3.63, 3.8) is 0 Å². The zero-order valence-corrected chi connectivity index (χ0v) is 14.1. The van der Waals surface area contributed by atoms with E-state index in [1.54, 1.807) is 7.11 Å². The molecule has 0 saturated heterocycles. The summed E-state index contributed by atoms with van der Waals surface area (Å²) >= 11 is 0. The molecular formula is C17H30N2O. The molecule has 0 fully saturated rings. The first-order valence-electron chi connectivity index (χ1n) is 7.31. The lowest BCUT2D eigenvalue weighted by atomic mass is 10.1. The quantitative estimate of drug-likeness (QED) is 0.863. The van der Waals surface area contributed by atoms with Gasteiger partial charge in [0.25, 0.3) is 0 Å². The Hall–Kier alpha value is -1.06. The first-order chi connectivity index (χ1) is 9.24. The van der Waals surface area contributed by atoms with E-state index in [9.17, 15) is 0 Å². The van der Waals surface area contributed by atoms with Crippen LogP contribution in [-0.4, -0.2) is 32.3 Å². The van der Waals surface area contributed by atoms with Gasteiger partial charge >= 0.3 is 0 Å². The molecule has 0 aliphatic carbocycles. The highest BCUT2D eigenvalue weighted by atomic mass is 16.5. The van der Waals surface area contributed by atoms with Gasteiger partial charge in [0.1, 0.15) is 0 Å². The van der Waals surface area contributed by atoms with E-state index in [0.717, 1.165) is 13.2 Å². The summed E-state index contributed by atoms with van der Waals surface area (Å²) in [6.07, 6.45) is 0. The number of benzene rings is 1. The minimum atomic E-state index is 0.149. The van der Waals surface area contributed by atoms with Gasteiger partial charge in [-0.1, -0.05) is 12.1 Å². The molecule has 114 valence electrons. The highest BCUT2D eigenvalue weighted by Gasteiger charge is 2.13. The first-order valence-corrected chi connectivity index (χ1v) is 7.31. The number of anilines is 1. The van der Waals surface area contributed by atoms with Crippen molar-refractivity contribution in [2.45, 2.75) is 52.7 Å². The average molecular weight is 278 g/mol. The molecule has 0 radical (unpaired) electrons. The van der Waals surface area contributed by atoms with Crippen LogP contribution in [0.2, 0.25) is 0 Å². The fraction of sp³-hybridized carbons (Fsp3) is 0.647. The van der Waals surface area contributed by atoms with Crippen LogP contribution in [0.1, 0.15) is 38.8 Å². The number of aryl methyl sites for hydroxylation is 1. The largest absolute Gasteiger partial charge is 0.383 e. The molecule has 1 aromatic rings. The van der Waals surface area contributed by atoms with E-state index in [1.807, 2.05) is 0 Å². The van der Waals surface area contributed by atoms with Crippen molar-refractivity contribution < 1.29 is 4.74 Å². The second-order valence-corrected chi connectivity index (χ2v) is 6.64. The number of methoxy groups -OCH3 is 1. The van der Waals surface area contributed by atoms with Crippen molar-refractivity contribution in [2.75, 3.05) is 25.7 Å². The second kappa shape index (κ2) is 7.09. The molecule has 0 aliphatic heterocycles. The Balaban J connectivity index is 2.77. The third-order valence-electron chi connectivity index (χ3n) is 3.53. The third kappa shape index (κ3) is 5.14. The van der Waals surface area contributed by atoms with Crippen LogP contribution >= 0.6 is 0 Å². The fourth-order valence-electron chi connectivity index (χ4n) is 2.18. The summed E-state index contributed by atoms with van der Waals surface area (Å²) in [5, 5.41) is 3.52. The first kappa shape index (κ1) is 17.0. The van der Waals surface area contributed by atoms with Crippen LogP contribution in [-0.2, 0) is 11.3 Å². The summed E-state index contributed by atoms with van der Waals surface area (Å²) in [6, 6.07) is 7.06. The van der Waals surface area contributed by atoms with Crippen LogP contribution in [0.3, 0.4) is 0 Å². The van der Waals surface area contributed by atoms with Gasteiger partial charge in [0.15, 0.2) is 0 Å². The van der Waals surface area contributed by atoms with Crippen molar-refractivity contribution in [1.82, 2.24) is 5.32 Å². The topological polar surface area (TPSA) is 24.5 Å². The standard InChI is InChI=1S/C17H30N2O/c1-13-10-15(11-18-17(3,4)5)8-9-16(13)19(6)14(2)12-20-7/h8-10,14,18H,11-12H2,1-7H3. The maximum atomic E-state index is 5.23. The third-order valence-corrected chi connectivity index (χ3v) is 3.53. The Morgan fingerprint density at radius 1 is 1.30 bits per heavy atom. The summed E-state index contributed by atoms with van der Waals surface area (Å²) in [7, 11) is 3.87. The monoisotopic (exact) mass is 278 g/mol. The number of hydrogen-bond acceptors (Lipinski definition) is 3. The maximum absolute atomic E-state index is 5.23. The van der Waals surface area contributed by atoms with Crippen LogP contribution in [0.5, 0.6) is 0 Å². The van der Waals surface area contributed by atoms with Gasteiger partial charge in [0.2, 0.25) is 0 Å². The van der Waals surface area contributed by atoms with Crippen molar-refractivity contribution in [1.29, 1.82) is 0 Å². The lowest BCUT2D eigenvalue weighted by Crippen LogP contribution is -2.35. The van der Waals surface area contributed by atoms with Gasteiger partial charge in [-0.2, -0.15) is 0 Å². The van der Waals surface area contributed by atoms with Crippen LogP contribution < -0.4 is 10.2 Å². The Morgan fingerprint density at radius 2 is 1.95 bits per heavy atom. The van der Waals surface area contributed by atoms with Gasteiger partial charge in [-0.3, -0.25) is 0 Å². The van der Waals surface area contributed by atoms with E-state index in [1.165, 1.54) is 16.8 Å². The smallest absolute Gasteiger partial charge is 0.0663 e. The highest BCUT2D eigenvalue weighted by Crippen LogP contribution is 2.22. The van der Waals surface area contributed by atoms with Crippen molar-refractivity contribution in [3.05, 3.63) is 29.3 Å². The Bertz CT molecular complexity index is 423. The van der Waals surface area contributed by atoms with Gasteiger partial charge < -0.3 is 15.0 Å². The molecule has 3 nitrogen and oxygen atoms in total. The van der Waals surface area contributed by atoms with Crippen molar-refractivity contribution in [3.8, 4) is 0 Å². The maximum Gasteiger partial charge on any atom is 0.0663 e. The molecule has 20 heavy (non-hydrogen) atoms. The van der Waals surface area contributed by atoms with Gasteiger partial charge in [-0.15, -0.1) is 0 Å². The lowest BCUT2D eigenvalue weighted by Gasteiger charge is -2.28. The normalized spacial score (nSPS) is 13.3. The van der Waals surface area contributed by atoms with E-state index < -0.39 is 0 Å². The van der Waals surface area contributed by atoms with Gasteiger partial charge in [-0.05, 0) is 51.8 Å². The molecule has 1 unspecified atom stereocenters. The van der Waals surface area contributed by atoms with Gasteiger partial charge in [0, 0.05) is 38.0 Å². The molecule has 1 atom stereocenters. The molecule has 0 heterocycles. The highest BCUT2D eigenvalue weighted by molar-refractivity contribution is 5.54. The predicted molar refractivity (Wildman–Crippen MR) is 87.5 cm³/mol. The van der Waals surface area contributed by atoms with Crippen LogP contribution in [0.15, 0.2) is 18.2 Å². The number of nitrogens with zero attached hydrogens (tertiary/aromatic N) is 1. The summed E-state index contributed by atoms with van der Waals surface area (Å²) in [5.41, 5.74) is 4.06. The summed E-state index contributed by atoms with van der Waals surface area (Å²) < 4.78 is 5.23. The number of nitrogens with one attached hydrogen (secondary N) is 1. The molecule has 0 amide bonds. The molecular weight excluding hydrogens is 248 g/mol. The molecule has 1 N–H and O–H groups in total. The van der Waals surface area contributed by atoms with E-state index in [0.29, 0.717) is 6.04 Å². The molecule has 0 spiro atoms. The molecule has 0 bridgehead atoms. The van der Waals surface area contributed by atoms with Crippen molar-refractivity contribution in [2.24, 2.45) is 0 Å². The second-order valence-electron chi connectivity index (χ2n) is 6.64. The summed E-state index contributed by atoms with van der Waals surface area (Å²) in [4.78, 5) is 2.28. The van der Waals surface area contributed by atoms with E-state index >= 15 is 0 Å². The Kier molecular flexibility index (Phi) is 6.03. The van der Waals surface area contributed by atoms with E-state index in [2.05, 4.69) is 70.1 Å². The minimum Gasteiger partial charge on any atom is -0.383 e. The molecule has 1 aromatic carbocycles. The fourth-order valence-corrected chi connectivity index (χ4v) is 2.18. The summed E-state index contributed by atoms with van der Waals surface area (Å²) in [6.45, 7) is 12.6. The SMILES string of the molecule is COCC(C)N(C)c1ccc(CNC(C)(C)C)cc1C. The molecule has 3 heteroatoms.